The summed E-state index contributed by atoms with van der Waals surface area (Å²) in [5, 5.41) is 13.3. The molecule has 0 saturated carbocycles. The maximum atomic E-state index is 11.4. The van der Waals surface area contributed by atoms with Crippen LogP contribution in [-0.2, 0) is 11.3 Å². The summed E-state index contributed by atoms with van der Waals surface area (Å²) < 4.78 is 5.68. The average Bonchev–Trinajstić information content (AvgIpc) is 3.54. The van der Waals surface area contributed by atoms with Crippen LogP contribution < -0.4 is 10.6 Å². The highest BCUT2D eigenvalue weighted by Gasteiger charge is 2.31. The quantitative estimate of drug-likeness (QED) is 0.527. The Kier molecular flexibility index (Phi) is 6.45. The van der Waals surface area contributed by atoms with E-state index in [4.69, 9.17) is 20.3 Å². The Bertz CT molecular complexity index is 1200. The number of aromatic nitrogens is 3. The number of pyridine rings is 1. The van der Waals surface area contributed by atoms with Gasteiger partial charge in [0.1, 0.15) is 5.82 Å². The van der Waals surface area contributed by atoms with E-state index in [1.54, 1.807) is 18.3 Å². The van der Waals surface area contributed by atoms with Crippen molar-refractivity contribution >= 4 is 17.7 Å². The topological polar surface area (TPSA) is 139 Å². The van der Waals surface area contributed by atoms with Gasteiger partial charge < -0.3 is 20.3 Å². The zero-order valence-corrected chi connectivity index (χ0v) is 19.3. The number of rotatable bonds is 7. The second-order valence-electron chi connectivity index (χ2n) is 9.15. The van der Waals surface area contributed by atoms with Gasteiger partial charge in [-0.2, -0.15) is 4.98 Å². The van der Waals surface area contributed by atoms with E-state index in [-0.39, 0.29) is 23.4 Å². The molecule has 0 spiro atoms. The molecule has 2 aliphatic rings. The number of carboxylic acid groups (broad SMARTS) is 1. The summed E-state index contributed by atoms with van der Waals surface area (Å²) >= 11 is 0. The minimum atomic E-state index is -0.927. The van der Waals surface area contributed by atoms with Gasteiger partial charge in [-0.05, 0) is 62.1 Å². The number of nitrogens with two attached hydrogens (primary N) is 1. The predicted octanol–water partition coefficient (Wildman–Crippen LogP) is 2.87. The Morgan fingerprint density at radius 1 is 1.09 bits per heavy atom. The second kappa shape index (κ2) is 9.83. The highest BCUT2D eigenvalue weighted by molar-refractivity contribution is 5.87. The number of primary amides is 1. The van der Waals surface area contributed by atoms with Crippen LogP contribution in [-0.4, -0.2) is 56.6 Å². The van der Waals surface area contributed by atoms with Crippen molar-refractivity contribution in [2.75, 3.05) is 24.5 Å². The molecule has 10 heteroatoms. The van der Waals surface area contributed by atoms with Gasteiger partial charge in [0.15, 0.2) is 0 Å². The van der Waals surface area contributed by atoms with Crippen molar-refractivity contribution in [3.8, 4) is 11.4 Å². The lowest BCUT2D eigenvalue weighted by Gasteiger charge is -2.31. The van der Waals surface area contributed by atoms with E-state index in [2.05, 4.69) is 19.9 Å². The van der Waals surface area contributed by atoms with Gasteiger partial charge in [0.25, 0.3) is 0 Å². The number of hydrogen-bond acceptors (Lipinski definition) is 8. The van der Waals surface area contributed by atoms with E-state index < -0.39 is 5.97 Å². The van der Waals surface area contributed by atoms with Gasteiger partial charge in [-0.15, -0.1) is 0 Å². The van der Waals surface area contributed by atoms with Crippen molar-refractivity contribution < 1.29 is 19.2 Å². The number of anilines is 1. The molecule has 0 unspecified atom stereocenters. The maximum absolute atomic E-state index is 11.4. The normalized spacial score (nSPS) is 19.2. The van der Waals surface area contributed by atoms with Gasteiger partial charge in [-0.3, -0.25) is 9.69 Å². The average molecular weight is 477 g/mol. The first kappa shape index (κ1) is 23.0. The minimum Gasteiger partial charge on any atom is -0.478 e. The summed E-state index contributed by atoms with van der Waals surface area (Å²) in [6.45, 7) is 3.05. The minimum absolute atomic E-state index is 0.0181. The van der Waals surface area contributed by atoms with E-state index in [0.717, 1.165) is 62.3 Å². The first-order chi connectivity index (χ1) is 17.0. The molecule has 1 atom stereocenters. The number of nitrogens with zero attached hydrogens (tertiary/aromatic N) is 5. The molecule has 35 heavy (non-hydrogen) atoms. The molecule has 1 aromatic carbocycles. The standard InChI is InChI=1S/C25H28N6O4/c26-22(32)17-8-12-30(13-9-17)21-14-19(7-10-27-21)23-28-24(35-29-23)20-2-1-11-31(20)15-16-3-5-18(6-4-16)25(33)34/h3-7,10,14,17,20H,1-2,8-9,11-13,15H2,(H2,26,32)(H,33,34)/t20-/m0/s1. The lowest BCUT2D eigenvalue weighted by atomic mass is 9.96. The molecule has 2 fully saturated rings. The third-order valence-corrected chi connectivity index (χ3v) is 6.90. The summed E-state index contributed by atoms with van der Waals surface area (Å²) in [4.78, 5) is 36.2. The van der Waals surface area contributed by atoms with Gasteiger partial charge in [0.05, 0.1) is 11.6 Å². The fraction of sp³-hybridized carbons (Fsp3) is 0.400. The molecule has 0 aliphatic carbocycles. The zero-order chi connectivity index (χ0) is 24.4. The van der Waals surface area contributed by atoms with E-state index in [9.17, 15) is 9.59 Å². The Morgan fingerprint density at radius 2 is 1.86 bits per heavy atom. The van der Waals surface area contributed by atoms with Crippen molar-refractivity contribution in [3.05, 3.63) is 59.6 Å². The van der Waals surface area contributed by atoms with Crippen molar-refractivity contribution in [2.45, 2.75) is 38.3 Å². The van der Waals surface area contributed by atoms with Crippen LogP contribution in [0, 0.1) is 5.92 Å². The van der Waals surface area contributed by atoms with Gasteiger partial charge in [-0.25, -0.2) is 9.78 Å². The fourth-order valence-electron chi connectivity index (χ4n) is 4.89. The molecule has 0 radical (unpaired) electrons. The number of likely N-dealkylation sites (tertiary alicyclic amines) is 1. The molecular weight excluding hydrogens is 448 g/mol. The highest BCUT2D eigenvalue weighted by Crippen LogP contribution is 2.33. The summed E-state index contributed by atoms with van der Waals surface area (Å²) in [7, 11) is 0. The molecule has 2 aromatic heterocycles. The molecule has 2 aliphatic heterocycles. The van der Waals surface area contributed by atoms with E-state index in [1.165, 1.54) is 0 Å². The second-order valence-corrected chi connectivity index (χ2v) is 9.15. The smallest absolute Gasteiger partial charge is 0.335 e. The van der Waals surface area contributed by atoms with Crippen LogP contribution in [0.3, 0.4) is 0 Å². The van der Waals surface area contributed by atoms with Crippen LogP contribution in [0.2, 0.25) is 0 Å². The van der Waals surface area contributed by atoms with Gasteiger partial charge in [-0.1, -0.05) is 17.3 Å². The van der Waals surface area contributed by atoms with Crippen molar-refractivity contribution in [1.29, 1.82) is 0 Å². The fourth-order valence-corrected chi connectivity index (χ4v) is 4.89. The van der Waals surface area contributed by atoms with Crippen molar-refractivity contribution in [2.24, 2.45) is 11.7 Å². The molecule has 5 rings (SSSR count). The Labute approximate surface area is 202 Å². The van der Waals surface area contributed by atoms with E-state index in [1.807, 2.05) is 24.3 Å². The van der Waals surface area contributed by atoms with E-state index >= 15 is 0 Å². The largest absolute Gasteiger partial charge is 0.478 e. The molecule has 1 amide bonds. The van der Waals surface area contributed by atoms with E-state index in [0.29, 0.717) is 18.3 Å². The Hall–Kier alpha value is -3.79. The third kappa shape index (κ3) is 5.02. The van der Waals surface area contributed by atoms with Crippen LogP contribution in [0.25, 0.3) is 11.4 Å². The zero-order valence-electron chi connectivity index (χ0n) is 19.3. The summed E-state index contributed by atoms with van der Waals surface area (Å²) in [5.74, 6) is 0.698. The van der Waals surface area contributed by atoms with Crippen LogP contribution >= 0.6 is 0 Å². The predicted molar refractivity (Wildman–Crippen MR) is 127 cm³/mol. The first-order valence-electron chi connectivity index (χ1n) is 11.9. The number of carbonyl (C=O) groups is 2. The van der Waals surface area contributed by atoms with Crippen LogP contribution in [0.15, 0.2) is 47.1 Å². The number of hydrogen-bond donors (Lipinski definition) is 2. The number of amides is 1. The number of aromatic carboxylic acids is 1. The van der Waals surface area contributed by atoms with Crippen LogP contribution in [0.4, 0.5) is 5.82 Å². The summed E-state index contributed by atoms with van der Waals surface area (Å²) in [5.41, 5.74) is 7.60. The number of carboxylic acids is 1. The SMILES string of the molecule is NC(=O)C1CCN(c2cc(-c3noc([C@@H]4CCCN4Cc4ccc(C(=O)O)cc4)n3)ccn2)CC1. The van der Waals surface area contributed by atoms with Gasteiger partial charge in [0, 0.05) is 37.3 Å². The summed E-state index contributed by atoms with van der Waals surface area (Å²) in [6.07, 6.45) is 5.14. The molecule has 0 bridgehead atoms. The molecular formula is C25H28N6O4. The molecule has 3 aromatic rings. The molecule has 3 N–H and O–H groups in total. The number of benzene rings is 1. The Morgan fingerprint density at radius 3 is 2.57 bits per heavy atom. The van der Waals surface area contributed by atoms with Crippen LogP contribution in [0.1, 0.15) is 53.5 Å². The lowest BCUT2D eigenvalue weighted by Crippen LogP contribution is -2.38. The number of carbonyl (C=O) groups excluding carboxylic acids is 1. The molecule has 2 saturated heterocycles. The molecule has 10 nitrogen and oxygen atoms in total. The van der Waals surface area contributed by atoms with Gasteiger partial charge in [0.2, 0.25) is 17.6 Å². The molecule has 182 valence electrons. The number of piperidine rings is 1. The van der Waals surface area contributed by atoms with Crippen molar-refractivity contribution in [3.63, 3.8) is 0 Å². The van der Waals surface area contributed by atoms with Crippen molar-refractivity contribution in [1.82, 2.24) is 20.0 Å². The van der Waals surface area contributed by atoms with Crippen LogP contribution in [0.5, 0.6) is 0 Å². The summed E-state index contributed by atoms with van der Waals surface area (Å²) in [6, 6.07) is 10.8. The highest BCUT2D eigenvalue weighted by atomic mass is 16.5. The first-order valence-corrected chi connectivity index (χ1v) is 11.9. The monoisotopic (exact) mass is 476 g/mol. The van der Waals surface area contributed by atoms with Gasteiger partial charge >= 0.3 is 5.97 Å². The maximum Gasteiger partial charge on any atom is 0.335 e. The molecule has 4 heterocycles. The Balaban J connectivity index is 1.27. The third-order valence-electron chi connectivity index (χ3n) is 6.90. The lowest BCUT2D eigenvalue weighted by molar-refractivity contribution is -0.122.